The second kappa shape index (κ2) is 36.7. The molecule has 0 aliphatic carbocycles. The van der Waals surface area contributed by atoms with E-state index in [0.717, 1.165) is 36.7 Å². The third kappa shape index (κ3) is 31.0. The number of rotatable bonds is 36. The van der Waals surface area contributed by atoms with Gasteiger partial charge in [-0.25, -0.2) is 0 Å². The van der Waals surface area contributed by atoms with Crippen LogP contribution >= 0.6 is 24.0 Å². The van der Waals surface area contributed by atoms with Gasteiger partial charge in [0.1, 0.15) is 10.1 Å². The summed E-state index contributed by atoms with van der Waals surface area (Å²) in [5.41, 5.74) is 0. The first-order chi connectivity index (χ1) is 22.1. The average Bonchev–Trinajstić information content (AvgIpc) is 3.04. The Hall–Kier alpha value is -0.0900. The predicted octanol–water partition coefficient (Wildman–Crippen LogP) is 14.8. The molecule has 2 nitrogen and oxygen atoms in total. The Morgan fingerprint density at radius 1 is 0.467 bits per heavy atom. The summed E-state index contributed by atoms with van der Waals surface area (Å²) in [6.45, 7) is 10.8. The molecular formula is C41H81NOS2. The monoisotopic (exact) mass is 668 g/mol. The number of thiocarbonyl (C=S) groups is 1. The topological polar surface area (TPSA) is 20.3 Å². The van der Waals surface area contributed by atoms with Crippen LogP contribution in [0.3, 0.4) is 0 Å². The molecule has 0 saturated carbocycles. The standard InChI is InChI=1S/C41H81NOS2/c1-5-9-11-13-15-17-19-21-23-25-27-29-31-33-35-37-39(43)40(45-41(44)42(7-3)8-4)38-36-34-32-30-28-26-24-22-20-18-16-14-12-10-6-2/h40H,5-38H2,1-4H3. The van der Waals surface area contributed by atoms with Gasteiger partial charge in [-0.2, -0.15) is 0 Å². The van der Waals surface area contributed by atoms with Gasteiger partial charge >= 0.3 is 0 Å². The summed E-state index contributed by atoms with van der Waals surface area (Å²) in [4.78, 5) is 15.5. The van der Waals surface area contributed by atoms with Crippen LogP contribution in [0.1, 0.15) is 233 Å². The highest BCUT2D eigenvalue weighted by Gasteiger charge is 2.22. The van der Waals surface area contributed by atoms with Crippen LogP contribution in [0.4, 0.5) is 0 Å². The van der Waals surface area contributed by atoms with Gasteiger partial charge in [-0.05, 0) is 26.7 Å². The molecule has 0 aromatic heterocycles. The normalized spacial score (nSPS) is 12.1. The molecule has 0 heterocycles. The minimum atomic E-state index is 0.0618. The second-order valence-corrected chi connectivity index (χ2v) is 15.8. The van der Waals surface area contributed by atoms with Crippen molar-refractivity contribution in [3.05, 3.63) is 0 Å². The molecule has 0 fully saturated rings. The van der Waals surface area contributed by atoms with Crippen LogP contribution in [-0.2, 0) is 4.79 Å². The van der Waals surface area contributed by atoms with Gasteiger partial charge in [0, 0.05) is 19.5 Å². The van der Waals surface area contributed by atoms with Gasteiger partial charge in [0.05, 0.1) is 5.25 Å². The number of thioether (sulfide) groups is 1. The van der Waals surface area contributed by atoms with Crippen molar-refractivity contribution < 1.29 is 4.79 Å². The maximum atomic E-state index is 13.3. The molecule has 0 aromatic carbocycles. The first-order valence-electron chi connectivity index (χ1n) is 20.6. The van der Waals surface area contributed by atoms with E-state index < -0.39 is 0 Å². The highest BCUT2D eigenvalue weighted by Crippen LogP contribution is 2.25. The molecule has 0 aliphatic rings. The van der Waals surface area contributed by atoms with Gasteiger partial charge in [0.15, 0.2) is 0 Å². The molecule has 0 spiro atoms. The van der Waals surface area contributed by atoms with E-state index >= 15 is 0 Å². The quantitative estimate of drug-likeness (QED) is 0.0489. The van der Waals surface area contributed by atoms with Crippen molar-refractivity contribution in [2.24, 2.45) is 0 Å². The third-order valence-corrected chi connectivity index (χ3v) is 11.5. The van der Waals surface area contributed by atoms with Crippen LogP contribution in [0, 0.1) is 0 Å². The Bertz CT molecular complexity index is 621. The van der Waals surface area contributed by atoms with Crippen LogP contribution < -0.4 is 0 Å². The largest absolute Gasteiger partial charge is 0.358 e. The molecule has 0 radical (unpaired) electrons. The smallest absolute Gasteiger partial charge is 0.146 e. The zero-order valence-electron chi connectivity index (χ0n) is 31.3. The molecule has 0 rings (SSSR count). The molecule has 0 saturated heterocycles. The lowest BCUT2D eigenvalue weighted by molar-refractivity contribution is -0.118. The van der Waals surface area contributed by atoms with Gasteiger partial charge in [-0.1, -0.05) is 224 Å². The van der Waals surface area contributed by atoms with Gasteiger partial charge in [-0.3, -0.25) is 4.79 Å². The maximum Gasteiger partial charge on any atom is 0.146 e. The molecule has 0 aliphatic heterocycles. The Kier molecular flexibility index (Phi) is 36.7. The Labute approximate surface area is 294 Å². The van der Waals surface area contributed by atoms with Crippen LogP contribution in [0.2, 0.25) is 0 Å². The number of hydrogen-bond donors (Lipinski definition) is 0. The maximum absolute atomic E-state index is 13.3. The summed E-state index contributed by atoms with van der Waals surface area (Å²) < 4.78 is 0.927. The minimum Gasteiger partial charge on any atom is -0.358 e. The molecular weight excluding hydrogens is 587 g/mol. The summed E-state index contributed by atoms with van der Waals surface area (Å²) in [6.07, 6.45) is 43.0. The highest BCUT2D eigenvalue weighted by atomic mass is 32.2. The highest BCUT2D eigenvalue weighted by molar-refractivity contribution is 8.23. The number of carbonyl (C=O) groups is 1. The fourth-order valence-corrected chi connectivity index (χ4v) is 8.29. The average molecular weight is 668 g/mol. The van der Waals surface area contributed by atoms with E-state index in [1.165, 1.54) is 186 Å². The molecule has 1 atom stereocenters. The molecule has 4 heteroatoms. The van der Waals surface area contributed by atoms with Crippen molar-refractivity contribution in [1.82, 2.24) is 4.90 Å². The first-order valence-corrected chi connectivity index (χ1v) is 21.9. The lowest BCUT2D eigenvalue weighted by Gasteiger charge is -2.24. The van der Waals surface area contributed by atoms with Crippen molar-refractivity contribution in [1.29, 1.82) is 0 Å². The van der Waals surface area contributed by atoms with Crippen molar-refractivity contribution in [2.75, 3.05) is 13.1 Å². The number of hydrogen-bond acceptors (Lipinski definition) is 3. The molecule has 0 aromatic rings. The van der Waals surface area contributed by atoms with Gasteiger partial charge in [-0.15, -0.1) is 0 Å². The summed E-state index contributed by atoms with van der Waals surface area (Å²) in [5, 5.41) is 0.0618. The van der Waals surface area contributed by atoms with E-state index in [0.29, 0.717) is 5.78 Å². The lowest BCUT2D eigenvalue weighted by atomic mass is 10.0. The van der Waals surface area contributed by atoms with E-state index in [1.807, 2.05) is 0 Å². The SMILES string of the molecule is CCCCCCCCCCCCCCCCCC(=O)C(CCCCCCCCCCCCCCCCC)SC(=S)N(CC)CC. The molecule has 0 amide bonds. The second-order valence-electron chi connectivity index (χ2n) is 13.9. The minimum absolute atomic E-state index is 0.0618. The molecule has 45 heavy (non-hydrogen) atoms. The van der Waals surface area contributed by atoms with Crippen LogP contribution in [0.15, 0.2) is 0 Å². The Morgan fingerprint density at radius 2 is 0.756 bits per heavy atom. The zero-order valence-corrected chi connectivity index (χ0v) is 32.9. The number of Topliss-reactive ketones (excluding diaryl/α,β-unsaturated/α-hetero) is 1. The number of unbranched alkanes of at least 4 members (excludes halogenated alkanes) is 28. The number of ketones is 1. The van der Waals surface area contributed by atoms with E-state index in [9.17, 15) is 4.79 Å². The predicted molar refractivity (Wildman–Crippen MR) is 211 cm³/mol. The molecule has 268 valence electrons. The van der Waals surface area contributed by atoms with Crippen molar-refractivity contribution in [3.63, 3.8) is 0 Å². The van der Waals surface area contributed by atoms with Crippen molar-refractivity contribution >= 4 is 34.1 Å². The number of nitrogens with zero attached hydrogens (tertiary/aromatic N) is 1. The first kappa shape index (κ1) is 44.9. The van der Waals surface area contributed by atoms with Crippen LogP contribution in [-0.4, -0.2) is 33.3 Å². The van der Waals surface area contributed by atoms with Crippen LogP contribution in [0.5, 0.6) is 0 Å². The zero-order chi connectivity index (χ0) is 33.1. The van der Waals surface area contributed by atoms with Gasteiger partial charge in [0.25, 0.3) is 0 Å². The van der Waals surface area contributed by atoms with Gasteiger partial charge < -0.3 is 4.90 Å². The number of carbonyl (C=O) groups excluding carboxylic acids is 1. The third-order valence-electron chi connectivity index (χ3n) is 9.72. The Balaban J connectivity index is 4.00. The van der Waals surface area contributed by atoms with Gasteiger partial charge in [0.2, 0.25) is 0 Å². The summed E-state index contributed by atoms with van der Waals surface area (Å²) in [7, 11) is 0. The summed E-state index contributed by atoms with van der Waals surface area (Å²) in [6, 6.07) is 0. The Morgan fingerprint density at radius 3 is 1.07 bits per heavy atom. The summed E-state index contributed by atoms with van der Waals surface area (Å²) >= 11 is 7.46. The molecule has 0 bridgehead atoms. The van der Waals surface area contributed by atoms with E-state index in [1.54, 1.807) is 11.8 Å². The molecule has 0 N–H and O–H groups in total. The van der Waals surface area contributed by atoms with Crippen LogP contribution in [0.25, 0.3) is 0 Å². The fraction of sp³-hybridized carbons (Fsp3) is 0.951. The summed E-state index contributed by atoms with van der Waals surface area (Å²) in [5.74, 6) is 0.453. The van der Waals surface area contributed by atoms with E-state index in [-0.39, 0.29) is 5.25 Å². The van der Waals surface area contributed by atoms with Crippen molar-refractivity contribution in [2.45, 2.75) is 238 Å². The van der Waals surface area contributed by atoms with E-state index in [2.05, 4.69) is 32.6 Å². The van der Waals surface area contributed by atoms with E-state index in [4.69, 9.17) is 12.2 Å². The molecule has 1 unspecified atom stereocenters. The van der Waals surface area contributed by atoms with Crippen molar-refractivity contribution in [3.8, 4) is 0 Å². The lowest BCUT2D eigenvalue weighted by Crippen LogP contribution is -2.30. The fourth-order valence-electron chi connectivity index (χ4n) is 6.50.